The molecule has 8 aromatic rings. The van der Waals surface area contributed by atoms with Crippen LogP contribution in [0.3, 0.4) is 0 Å². The van der Waals surface area contributed by atoms with E-state index < -0.39 is 5.97 Å². The van der Waals surface area contributed by atoms with Crippen molar-refractivity contribution in [2.75, 3.05) is 7.11 Å². The van der Waals surface area contributed by atoms with Gasteiger partial charge in [-0.25, -0.2) is 24.1 Å². The number of aryl methyl sites for hydroxylation is 2. The third kappa shape index (κ3) is 7.64. The molecule has 56 heavy (non-hydrogen) atoms. The Morgan fingerprint density at radius 3 is 1.64 bits per heavy atom. The first-order valence-corrected chi connectivity index (χ1v) is 18.1. The van der Waals surface area contributed by atoms with Crippen molar-refractivity contribution in [2.24, 2.45) is 11.5 Å². The number of pyridine rings is 4. The molecule has 13 nitrogen and oxygen atoms in total. The van der Waals surface area contributed by atoms with Gasteiger partial charge < -0.3 is 21.3 Å². The van der Waals surface area contributed by atoms with Crippen LogP contribution in [0.15, 0.2) is 109 Å². The molecule has 8 rings (SSSR count). The van der Waals surface area contributed by atoms with Gasteiger partial charge in [0, 0.05) is 45.4 Å². The van der Waals surface area contributed by atoms with Crippen LogP contribution in [0.25, 0.3) is 56.0 Å². The van der Waals surface area contributed by atoms with Gasteiger partial charge in [0.1, 0.15) is 0 Å². The minimum Gasteiger partial charge on any atom is -0.465 e. The molecule has 282 valence electrons. The summed E-state index contributed by atoms with van der Waals surface area (Å²) in [6, 6.07) is 30.4. The SMILES string of the molecule is COC(=O)c1cc(-c2cccc(C(C)N)n2)cc2c1cnn2-c1cccc(C)n1.Cc1cccc(-n2ncc3c(CO)cc(-c4cccc(C(C)N)n4)cc32)n1. The number of fused-ring (bicyclic) bond motifs is 2. The monoisotopic (exact) mass is 746 g/mol. The number of methoxy groups -OCH3 is 1. The second-order valence-electron chi connectivity index (χ2n) is 13.5. The van der Waals surface area contributed by atoms with E-state index in [2.05, 4.69) is 30.1 Å². The number of aliphatic hydroxyl groups is 1. The summed E-state index contributed by atoms with van der Waals surface area (Å²) in [5, 5.41) is 20.4. The number of hydrogen-bond acceptors (Lipinski definition) is 11. The van der Waals surface area contributed by atoms with Crippen molar-refractivity contribution in [1.29, 1.82) is 0 Å². The number of aliphatic hydroxyl groups excluding tert-OH is 1. The Morgan fingerprint density at radius 1 is 0.679 bits per heavy atom. The number of ether oxygens (including phenoxy) is 1. The molecule has 0 saturated carbocycles. The van der Waals surface area contributed by atoms with E-state index in [-0.39, 0.29) is 18.7 Å². The van der Waals surface area contributed by atoms with E-state index >= 15 is 0 Å². The lowest BCUT2D eigenvalue weighted by molar-refractivity contribution is 0.0603. The Labute approximate surface area is 323 Å². The molecule has 13 heteroatoms. The maximum absolute atomic E-state index is 12.5. The highest BCUT2D eigenvalue weighted by molar-refractivity contribution is 6.05. The standard InChI is InChI=1S/C22H21N5O2.C21H21N5O/c1-13-6-4-9-21(25-13)27-20-11-15(19-8-5-7-18(26-19)14(2)23)10-16(22(28)29-3)17(20)12-24-27;1-13-5-3-8-21(24-13)26-20-10-15(9-16(12-27)17(20)11-23-26)19-7-4-6-18(25-19)14(2)22/h4-12,14H,23H2,1-3H3;3-11,14,27H,12,22H2,1-2H3. The van der Waals surface area contributed by atoms with Gasteiger partial charge in [-0.3, -0.25) is 9.97 Å². The van der Waals surface area contributed by atoms with E-state index in [0.29, 0.717) is 16.8 Å². The minimum absolute atomic E-state index is 0.0791. The van der Waals surface area contributed by atoms with Crippen LogP contribution in [0, 0.1) is 13.8 Å². The van der Waals surface area contributed by atoms with Gasteiger partial charge in [-0.2, -0.15) is 10.2 Å². The van der Waals surface area contributed by atoms with Gasteiger partial charge in [-0.05, 0) is 106 Å². The molecule has 0 spiro atoms. The largest absolute Gasteiger partial charge is 0.465 e. The first kappa shape index (κ1) is 37.6. The summed E-state index contributed by atoms with van der Waals surface area (Å²) in [6.07, 6.45) is 3.42. The van der Waals surface area contributed by atoms with Crippen LogP contribution < -0.4 is 11.5 Å². The number of nitrogens with two attached hydrogens (primary N) is 2. The first-order chi connectivity index (χ1) is 27.0. The fraction of sp³-hybridized carbons (Fsp3) is 0.186. The summed E-state index contributed by atoms with van der Waals surface area (Å²) in [7, 11) is 1.36. The van der Waals surface area contributed by atoms with Gasteiger partial charge in [-0.1, -0.05) is 24.3 Å². The summed E-state index contributed by atoms with van der Waals surface area (Å²) < 4.78 is 8.51. The summed E-state index contributed by atoms with van der Waals surface area (Å²) in [5.74, 6) is 0.977. The van der Waals surface area contributed by atoms with Crippen LogP contribution in [-0.2, 0) is 11.3 Å². The second kappa shape index (κ2) is 16.0. The van der Waals surface area contributed by atoms with Crippen molar-refractivity contribution in [1.82, 2.24) is 39.5 Å². The van der Waals surface area contributed by atoms with Gasteiger partial charge in [0.15, 0.2) is 11.6 Å². The molecule has 5 N–H and O–H groups in total. The van der Waals surface area contributed by atoms with Crippen LogP contribution in [0.5, 0.6) is 0 Å². The van der Waals surface area contributed by atoms with Gasteiger partial charge in [0.05, 0.1) is 65.5 Å². The van der Waals surface area contributed by atoms with Crippen LogP contribution in [0.2, 0.25) is 0 Å². The van der Waals surface area contributed by atoms with Crippen LogP contribution in [0.4, 0.5) is 0 Å². The van der Waals surface area contributed by atoms with Gasteiger partial charge in [-0.15, -0.1) is 0 Å². The van der Waals surface area contributed by atoms with Crippen molar-refractivity contribution >= 4 is 27.8 Å². The van der Waals surface area contributed by atoms with E-state index in [1.165, 1.54) is 7.11 Å². The highest BCUT2D eigenvalue weighted by Crippen LogP contribution is 2.31. The molecule has 6 aromatic heterocycles. The third-order valence-electron chi connectivity index (χ3n) is 9.29. The second-order valence-corrected chi connectivity index (χ2v) is 13.5. The Bertz CT molecular complexity index is 2700. The number of aromatic nitrogens is 8. The maximum atomic E-state index is 12.5. The fourth-order valence-corrected chi connectivity index (χ4v) is 6.42. The van der Waals surface area contributed by atoms with Crippen molar-refractivity contribution < 1.29 is 14.6 Å². The zero-order valence-electron chi connectivity index (χ0n) is 31.8. The molecule has 0 saturated heterocycles. The summed E-state index contributed by atoms with van der Waals surface area (Å²) >= 11 is 0. The Hall–Kier alpha value is -6.67. The smallest absolute Gasteiger partial charge is 0.338 e. The topological polar surface area (TPSA) is 186 Å². The number of carbonyl (C=O) groups is 1. The molecule has 0 bridgehead atoms. The fourth-order valence-electron chi connectivity index (χ4n) is 6.42. The number of rotatable bonds is 8. The Balaban J connectivity index is 0.000000172. The molecule has 0 radical (unpaired) electrons. The van der Waals surface area contributed by atoms with Crippen LogP contribution >= 0.6 is 0 Å². The molecule has 0 aliphatic carbocycles. The maximum Gasteiger partial charge on any atom is 0.338 e. The molecule has 6 heterocycles. The van der Waals surface area contributed by atoms with Gasteiger partial charge in [0.2, 0.25) is 0 Å². The van der Waals surface area contributed by atoms with E-state index in [1.54, 1.807) is 27.8 Å². The van der Waals surface area contributed by atoms with Crippen LogP contribution in [0.1, 0.15) is 64.6 Å². The van der Waals surface area contributed by atoms with E-state index in [9.17, 15) is 9.90 Å². The molecule has 2 unspecified atom stereocenters. The normalized spacial score (nSPS) is 12.3. The lowest BCUT2D eigenvalue weighted by Gasteiger charge is -2.10. The molecular weight excluding hydrogens is 705 g/mol. The Morgan fingerprint density at radius 2 is 1.16 bits per heavy atom. The Kier molecular flexibility index (Phi) is 10.7. The predicted molar refractivity (Wildman–Crippen MR) is 216 cm³/mol. The minimum atomic E-state index is -0.433. The number of carbonyl (C=O) groups excluding carboxylic acids is 1. The van der Waals surface area contributed by atoms with E-state index in [0.717, 1.165) is 73.1 Å². The lowest BCUT2D eigenvalue weighted by Crippen LogP contribution is -2.08. The van der Waals surface area contributed by atoms with Crippen LogP contribution in [-0.4, -0.2) is 57.7 Å². The quantitative estimate of drug-likeness (QED) is 0.137. The predicted octanol–water partition coefficient (Wildman–Crippen LogP) is 6.90. The van der Waals surface area contributed by atoms with Crippen molar-refractivity contribution in [2.45, 2.75) is 46.4 Å². The summed E-state index contributed by atoms with van der Waals surface area (Å²) in [4.78, 5) is 30.9. The van der Waals surface area contributed by atoms with Gasteiger partial charge in [0.25, 0.3) is 0 Å². The van der Waals surface area contributed by atoms with E-state index in [4.69, 9.17) is 16.2 Å². The molecule has 2 aromatic carbocycles. The zero-order chi connectivity index (χ0) is 39.5. The van der Waals surface area contributed by atoms with Crippen molar-refractivity contribution in [3.05, 3.63) is 143 Å². The highest BCUT2D eigenvalue weighted by Gasteiger charge is 2.19. The number of hydrogen-bond donors (Lipinski definition) is 3. The molecule has 0 fully saturated rings. The average molecular weight is 747 g/mol. The zero-order valence-corrected chi connectivity index (χ0v) is 31.8. The molecular formula is C43H42N10O3. The molecule has 0 aliphatic rings. The lowest BCUT2D eigenvalue weighted by atomic mass is 10.0. The number of esters is 1. The number of nitrogens with zero attached hydrogens (tertiary/aromatic N) is 8. The third-order valence-corrected chi connectivity index (χ3v) is 9.29. The summed E-state index contributed by atoms with van der Waals surface area (Å²) in [6.45, 7) is 7.58. The first-order valence-electron chi connectivity index (χ1n) is 18.1. The number of benzene rings is 2. The summed E-state index contributed by atoms with van der Waals surface area (Å²) in [5.41, 5.74) is 21.4. The molecule has 0 amide bonds. The van der Waals surface area contributed by atoms with Crippen molar-refractivity contribution in [3.8, 4) is 34.2 Å². The van der Waals surface area contributed by atoms with Crippen molar-refractivity contribution in [3.63, 3.8) is 0 Å². The van der Waals surface area contributed by atoms with Gasteiger partial charge >= 0.3 is 5.97 Å². The average Bonchev–Trinajstić information content (AvgIpc) is 3.85. The molecule has 0 aliphatic heterocycles. The molecule has 2 atom stereocenters. The highest BCUT2D eigenvalue weighted by atomic mass is 16.5. The van der Waals surface area contributed by atoms with E-state index in [1.807, 2.05) is 119 Å².